The van der Waals surface area contributed by atoms with Crippen molar-refractivity contribution in [3.63, 3.8) is 0 Å². The lowest BCUT2D eigenvalue weighted by atomic mass is 10.1. The molecule has 1 aliphatic heterocycles. The van der Waals surface area contributed by atoms with E-state index in [1.165, 1.54) is 18.6 Å². The first kappa shape index (κ1) is 12.1. The highest BCUT2D eigenvalue weighted by Gasteiger charge is 2.15. The van der Waals surface area contributed by atoms with Gasteiger partial charge in [-0.1, -0.05) is 0 Å². The Hall–Kier alpha value is -1.36. The Morgan fingerprint density at radius 2 is 2.35 bits per heavy atom. The van der Waals surface area contributed by atoms with E-state index >= 15 is 0 Å². The predicted octanol–water partition coefficient (Wildman–Crippen LogP) is 1.68. The Kier molecular flexibility index (Phi) is 3.78. The topological polar surface area (TPSA) is 81.1 Å². The van der Waals surface area contributed by atoms with E-state index in [4.69, 9.17) is 11.5 Å². The number of primary amides is 1. The van der Waals surface area contributed by atoms with E-state index in [1.807, 2.05) is 17.8 Å². The molecule has 1 aromatic carbocycles. The molecule has 1 atom stereocenters. The third-order valence-corrected chi connectivity index (χ3v) is 4.28. The van der Waals surface area contributed by atoms with Gasteiger partial charge in [-0.2, -0.15) is 11.8 Å². The molecule has 17 heavy (non-hydrogen) atoms. The number of benzene rings is 1. The van der Waals surface area contributed by atoms with E-state index in [2.05, 4.69) is 5.32 Å². The quantitative estimate of drug-likeness (QED) is 0.711. The Labute approximate surface area is 105 Å². The summed E-state index contributed by atoms with van der Waals surface area (Å²) in [6.07, 6.45) is 2.56. The predicted molar refractivity (Wildman–Crippen MR) is 73.3 cm³/mol. The molecule has 0 bridgehead atoms. The van der Waals surface area contributed by atoms with Gasteiger partial charge in [-0.3, -0.25) is 4.79 Å². The summed E-state index contributed by atoms with van der Waals surface area (Å²) in [7, 11) is 0. The Morgan fingerprint density at radius 3 is 2.94 bits per heavy atom. The Morgan fingerprint density at radius 1 is 1.53 bits per heavy atom. The minimum atomic E-state index is -0.449. The largest absolute Gasteiger partial charge is 0.397 e. The summed E-state index contributed by atoms with van der Waals surface area (Å²) in [6, 6.07) is 5.13. The van der Waals surface area contributed by atoms with Crippen LogP contribution < -0.4 is 16.8 Å². The van der Waals surface area contributed by atoms with Crippen molar-refractivity contribution in [3.8, 4) is 0 Å². The van der Waals surface area contributed by atoms with Gasteiger partial charge in [0.1, 0.15) is 0 Å². The van der Waals surface area contributed by atoms with Gasteiger partial charge in [0.05, 0.1) is 11.4 Å². The number of amides is 1. The normalized spacial score (nSPS) is 19.2. The highest BCUT2D eigenvalue weighted by atomic mass is 32.2. The van der Waals surface area contributed by atoms with Gasteiger partial charge >= 0.3 is 0 Å². The van der Waals surface area contributed by atoms with Crippen molar-refractivity contribution >= 4 is 29.0 Å². The van der Waals surface area contributed by atoms with Crippen LogP contribution in [0.3, 0.4) is 0 Å². The number of nitrogens with one attached hydrogen (secondary N) is 1. The number of nitrogens with two attached hydrogens (primary N) is 2. The highest BCUT2D eigenvalue weighted by Crippen LogP contribution is 2.27. The molecule has 1 fully saturated rings. The molecule has 1 heterocycles. The van der Waals surface area contributed by atoms with Gasteiger partial charge in [-0.05, 0) is 36.8 Å². The number of carbonyl (C=O) groups is 1. The minimum Gasteiger partial charge on any atom is -0.397 e. The van der Waals surface area contributed by atoms with Gasteiger partial charge in [0, 0.05) is 17.4 Å². The van der Waals surface area contributed by atoms with Crippen molar-refractivity contribution < 1.29 is 4.79 Å². The van der Waals surface area contributed by atoms with Crippen LogP contribution in [-0.2, 0) is 0 Å². The molecule has 1 aromatic rings. The maximum Gasteiger partial charge on any atom is 0.248 e. The van der Waals surface area contributed by atoms with Crippen LogP contribution in [0.1, 0.15) is 23.2 Å². The molecule has 1 aliphatic rings. The average Bonchev–Trinajstić information content (AvgIpc) is 2.80. The second-order valence-corrected chi connectivity index (χ2v) is 5.59. The summed E-state index contributed by atoms with van der Waals surface area (Å²) in [5.41, 5.74) is 13.0. The summed E-state index contributed by atoms with van der Waals surface area (Å²) in [5.74, 6) is 0.803. The molecular formula is C12H17N3OS. The molecule has 1 unspecified atom stereocenters. The number of carbonyl (C=O) groups excluding carboxylic acids is 1. The molecule has 1 amide bonds. The lowest BCUT2D eigenvalue weighted by Gasteiger charge is -2.13. The lowest BCUT2D eigenvalue weighted by Crippen LogP contribution is -2.15. The summed E-state index contributed by atoms with van der Waals surface area (Å²) in [6.45, 7) is 0.921. The number of anilines is 2. The molecule has 2 rings (SSSR count). The SMILES string of the molecule is NC(=O)c1ccc(NCC2CCCS2)c(N)c1. The first-order chi connectivity index (χ1) is 8.16. The number of thioether (sulfide) groups is 1. The second-order valence-electron chi connectivity index (χ2n) is 4.18. The van der Waals surface area contributed by atoms with Gasteiger partial charge in [0.15, 0.2) is 0 Å². The molecule has 92 valence electrons. The van der Waals surface area contributed by atoms with Crippen molar-refractivity contribution in [1.29, 1.82) is 0 Å². The molecule has 0 saturated carbocycles. The maximum atomic E-state index is 11.0. The number of rotatable bonds is 4. The molecule has 0 aromatic heterocycles. The van der Waals surface area contributed by atoms with Crippen LogP contribution >= 0.6 is 11.8 Å². The van der Waals surface area contributed by atoms with Crippen molar-refractivity contribution in [3.05, 3.63) is 23.8 Å². The van der Waals surface area contributed by atoms with Crippen LogP contribution in [-0.4, -0.2) is 23.5 Å². The van der Waals surface area contributed by atoms with E-state index in [9.17, 15) is 4.79 Å². The minimum absolute atomic E-state index is 0.447. The molecule has 1 saturated heterocycles. The van der Waals surface area contributed by atoms with E-state index in [1.54, 1.807) is 12.1 Å². The zero-order valence-corrected chi connectivity index (χ0v) is 10.4. The van der Waals surface area contributed by atoms with E-state index in [0.29, 0.717) is 16.5 Å². The zero-order valence-electron chi connectivity index (χ0n) is 9.61. The van der Waals surface area contributed by atoms with E-state index in [-0.39, 0.29) is 0 Å². The molecule has 0 spiro atoms. The van der Waals surface area contributed by atoms with Crippen LogP contribution in [0.4, 0.5) is 11.4 Å². The highest BCUT2D eigenvalue weighted by molar-refractivity contribution is 8.00. The first-order valence-electron chi connectivity index (χ1n) is 5.71. The first-order valence-corrected chi connectivity index (χ1v) is 6.76. The third kappa shape index (κ3) is 3.06. The van der Waals surface area contributed by atoms with Gasteiger partial charge in [-0.15, -0.1) is 0 Å². The molecule has 4 nitrogen and oxygen atoms in total. The van der Waals surface area contributed by atoms with Crippen LogP contribution in [0.25, 0.3) is 0 Å². The van der Waals surface area contributed by atoms with Crippen molar-refractivity contribution in [2.75, 3.05) is 23.3 Å². The van der Waals surface area contributed by atoms with E-state index in [0.717, 1.165) is 12.2 Å². The monoisotopic (exact) mass is 251 g/mol. The maximum absolute atomic E-state index is 11.0. The van der Waals surface area contributed by atoms with Gasteiger partial charge in [-0.25, -0.2) is 0 Å². The molecule has 0 radical (unpaired) electrons. The van der Waals surface area contributed by atoms with Crippen LogP contribution in [0, 0.1) is 0 Å². The van der Waals surface area contributed by atoms with Crippen molar-refractivity contribution in [1.82, 2.24) is 0 Å². The standard InChI is InChI=1S/C12H17N3OS/c13-10-6-8(12(14)16)3-4-11(10)15-7-9-2-1-5-17-9/h3-4,6,9,15H,1-2,5,7,13H2,(H2,14,16). The molecule has 0 aliphatic carbocycles. The fourth-order valence-electron chi connectivity index (χ4n) is 1.91. The zero-order chi connectivity index (χ0) is 12.3. The Bertz CT molecular complexity index is 416. The lowest BCUT2D eigenvalue weighted by molar-refractivity contribution is 0.100. The van der Waals surface area contributed by atoms with Crippen LogP contribution in [0.15, 0.2) is 18.2 Å². The summed E-state index contributed by atoms with van der Waals surface area (Å²) < 4.78 is 0. The second kappa shape index (κ2) is 5.31. The number of hydrogen-bond acceptors (Lipinski definition) is 4. The Balaban J connectivity index is 1.98. The van der Waals surface area contributed by atoms with Gasteiger partial charge in [0.25, 0.3) is 0 Å². The van der Waals surface area contributed by atoms with Crippen molar-refractivity contribution in [2.24, 2.45) is 5.73 Å². The van der Waals surface area contributed by atoms with E-state index < -0.39 is 5.91 Å². The van der Waals surface area contributed by atoms with Crippen LogP contribution in [0.5, 0.6) is 0 Å². The molecule has 5 heteroatoms. The average molecular weight is 251 g/mol. The number of nitrogen functional groups attached to an aromatic ring is 1. The summed E-state index contributed by atoms with van der Waals surface area (Å²) in [4.78, 5) is 11.0. The van der Waals surface area contributed by atoms with Crippen molar-refractivity contribution in [2.45, 2.75) is 18.1 Å². The number of hydrogen-bond donors (Lipinski definition) is 3. The fourth-order valence-corrected chi connectivity index (χ4v) is 3.11. The fraction of sp³-hybridized carbons (Fsp3) is 0.417. The third-order valence-electron chi connectivity index (χ3n) is 2.88. The van der Waals surface area contributed by atoms with Gasteiger partial charge < -0.3 is 16.8 Å². The summed E-state index contributed by atoms with van der Waals surface area (Å²) >= 11 is 2.00. The summed E-state index contributed by atoms with van der Waals surface area (Å²) in [5, 5.41) is 3.99. The van der Waals surface area contributed by atoms with Gasteiger partial charge in [0.2, 0.25) is 5.91 Å². The smallest absolute Gasteiger partial charge is 0.248 e. The molecular weight excluding hydrogens is 234 g/mol. The molecule has 5 N–H and O–H groups in total. The van der Waals surface area contributed by atoms with Crippen LogP contribution in [0.2, 0.25) is 0 Å².